The van der Waals surface area contributed by atoms with Crippen LogP contribution in [0.25, 0.3) is 0 Å². The van der Waals surface area contributed by atoms with Gasteiger partial charge in [-0.05, 0) is 12.8 Å². The number of hydrogen-bond donors (Lipinski definition) is 0. The van der Waals surface area contributed by atoms with E-state index in [0.717, 1.165) is 26.1 Å². The van der Waals surface area contributed by atoms with E-state index in [0.29, 0.717) is 0 Å². The van der Waals surface area contributed by atoms with Gasteiger partial charge in [-0.15, -0.1) is 0 Å². The molecule has 2 nitrogen and oxygen atoms in total. The van der Waals surface area contributed by atoms with Crippen LogP contribution in [0.15, 0.2) is 0 Å². The summed E-state index contributed by atoms with van der Waals surface area (Å²) in [7, 11) is 0. The minimum Gasteiger partial charge on any atom is -0.237 e. The monoisotopic (exact) mass is 174 g/mol. The van der Waals surface area contributed by atoms with E-state index in [2.05, 4.69) is 13.8 Å². The van der Waals surface area contributed by atoms with Crippen molar-refractivity contribution in [3.8, 4) is 0 Å². The van der Waals surface area contributed by atoms with Crippen LogP contribution in [-0.4, -0.2) is 13.2 Å². The highest BCUT2D eigenvalue weighted by Crippen LogP contribution is 1.99. The summed E-state index contributed by atoms with van der Waals surface area (Å²) in [6, 6.07) is 0. The van der Waals surface area contributed by atoms with E-state index in [4.69, 9.17) is 9.78 Å². The highest BCUT2D eigenvalue weighted by atomic mass is 17.2. The Hall–Kier alpha value is -0.0800. The maximum Gasteiger partial charge on any atom is 0.0822 e. The molecule has 2 heteroatoms. The lowest BCUT2D eigenvalue weighted by Crippen LogP contribution is -1.98. The maximum absolute atomic E-state index is 4.98. The van der Waals surface area contributed by atoms with E-state index in [1.165, 1.54) is 25.7 Å². The molecule has 0 unspecified atom stereocenters. The average Bonchev–Trinajstić information content (AvgIpc) is 2.10. The topological polar surface area (TPSA) is 18.5 Å². The zero-order chi connectivity index (χ0) is 9.07. The lowest BCUT2D eigenvalue weighted by atomic mass is 10.2. The predicted molar refractivity (Wildman–Crippen MR) is 51.0 cm³/mol. The molecular weight excluding hydrogens is 152 g/mol. The van der Waals surface area contributed by atoms with Crippen LogP contribution in [-0.2, 0) is 9.78 Å². The van der Waals surface area contributed by atoms with Gasteiger partial charge < -0.3 is 0 Å². The lowest BCUT2D eigenvalue weighted by Gasteiger charge is -2.02. The summed E-state index contributed by atoms with van der Waals surface area (Å²) in [6.07, 6.45) is 7.22. The largest absolute Gasteiger partial charge is 0.237 e. The van der Waals surface area contributed by atoms with Crippen LogP contribution in [0.2, 0.25) is 0 Å². The first-order valence-corrected chi connectivity index (χ1v) is 5.16. The summed E-state index contributed by atoms with van der Waals surface area (Å²) in [5.41, 5.74) is 0. The van der Waals surface area contributed by atoms with Crippen molar-refractivity contribution in [3.63, 3.8) is 0 Å². The molecule has 0 heterocycles. The van der Waals surface area contributed by atoms with Gasteiger partial charge in [0.25, 0.3) is 0 Å². The molecule has 0 atom stereocenters. The van der Waals surface area contributed by atoms with Gasteiger partial charge >= 0.3 is 0 Å². The summed E-state index contributed by atoms with van der Waals surface area (Å²) < 4.78 is 0. The fraction of sp³-hybridized carbons (Fsp3) is 1.00. The highest BCUT2D eigenvalue weighted by Gasteiger charge is 1.89. The van der Waals surface area contributed by atoms with Crippen LogP contribution in [0.5, 0.6) is 0 Å². The number of hydrogen-bond acceptors (Lipinski definition) is 2. The number of rotatable bonds is 9. The van der Waals surface area contributed by atoms with Gasteiger partial charge in [0.1, 0.15) is 0 Å². The molecule has 0 radical (unpaired) electrons. The van der Waals surface area contributed by atoms with E-state index < -0.39 is 0 Å². The summed E-state index contributed by atoms with van der Waals surface area (Å²) in [5, 5.41) is 0. The minimum absolute atomic E-state index is 0.740. The van der Waals surface area contributed by atoms with Crippen molar-refractivity contribution in [2.45, 2.75) is 52.4 Å². The van der Waals surface area contributed by atoms with Crippen LogP contribution in [0.3, 0.4) is 0 Å². The second-order valence-electron chi connectivity index (χ2n) is 3.06. The van der Waals surface area contributed by atoms with Crippen LogP contribution in [0.1, 0.15) is 52.4 Å². The first-order valence-electron chi connectivity index (χ1n) is 5.16. The van der Waals surface area contributed by atoms with E-state index in [-0.39, 0.29) is 0 Å². The molecule has 0 saturated carbocycles. The molecular formula is C10H22O2. The molecule has 0 aromatic heterocycles. The van der Waals surface area contributed by atoms with Gasteiger partial charge in [-0.1, -0.05) is 39.5 Å². The standard InChI is InChI=1S/C10H22O2/c1-3-5-7-8-10-12-11-9-6-4-2/h3-10H2,1-2H3. The third-order valence-electron chi connectivity index (χ3n) is 1.75. The first kappa shape index (κ1) is 11.9. The molecule has 0 rings (SSSR count). The maximum atomic E-state index is 4.98. The Morgan fingerprint density at radius 3 is 1.83 bits per heavy atom. The van der Waals surface area contributed by atoms with Gasteiger partial charge in [0.05, 0.1) is 13.2 Å². The molecule has 12 heavy (non-hydrogen) atoms. The Morgan fingerprint density at radius 1 is 0.667 bits per heavy atom. The van der Waals surface area contributed by atoms with Gasteiger partial charge in [0, 0.05) is 0 Å². The minimum atomic E-state index is 0.740. The van der Waals surface area contributed by atoms with Gasteiger partial charge in [0.15, 0.2) is 0 Å². The Bertz CT molecular complexity index is 64.2. The summed E-state index contributed by atoms with van der Waals surface area (Å²) in [6.45, 7) is 5.84. The third-order valence-corrected chi connectivity index (χ3v) is 1.75. The van der Waals surface area contributed by atoms with Crippen LogP contribution in [0, 0.1) is 0 Å². The molecule has 0 aliphatic carbocycles. The zero-order valence-electron chi connectivity index (χ0n) is 8.47. The summed E-state index contributed by atoms with van der Waals surface area (Å²) in [5.74, 6) is 0. The molecule has 0 bridgehead atoms. The molecule has 0 aromatic carbocycles. The molecule has 0 spiro atoms. The summed E-state index contributed by atoms with van der Waals surface area (Å²) >= 11 is 0. The SMILES string of the molecule is CCCCCCOOCCCC. The van der Waals surface area contributed by atoms with Crippen LogP contribution >= 0.6 is 0 Å². The molecule has 0 fully saturated rings. The zero-order valence-corrected chi connectivity index (χ0v) is 8.47. The Kier molecular flexibility index (Phi) is 10.8. The Balaban J connectivity index is 2.73. The van der Waals surface area contributed by atoms with Gasteiger partial charge in [-0.3, -0.25) is 0 Å². The van der Waals surface area contributed by atoms with Gasteiger partial charge in [-0.25, -0.2) is 9.78 Å². The van der Waals surface area contributed by atoms with Gasteiger partial charge in [0.2, 0.25) is 0 Å². The van der Waals surface area contributed by atoms with Crippen molar-refractivity contribution in [1.82, 2.24) is 0 Å². The highest BCUT2D eigenvalue weighted by molar-refractivity contribution is 4.37. The van der Waals surface area contributed by atoms with E-state index >= 15 is 0 Å². The fourth-order valence-electron chi connectivity index (χ4n) is 0.909. The summed E-state index contributed by atoms with van der Waals surface area (Å²) in [4.78, 5) is 9.94. The van der Waals surface area contributed by atoms with E-state index in [1.54, 1.807) is 0 Å². The van der Waals surface area contributed by atoms with Crippen molar-refractivity contribution < 1.29 is 9.78 Å². The van der Waals surface area contributed by atoms with E-state index in [9.17, 15) is 0 Å². The van der Waals surface area contributed by atoms with Crippen molar-refractivity contribution in [1.29, 1.82) is 0 Å². The second-order valence-corrected chi connectivity index (χ2v) is 3.06. The molecule has 74 valence electrons. The predicted octanol–water partition coefficient (Wildman–Crippen LogP) is 3.32. The molecule has 0 aromatic rings. The molecule has 0 amide bonds. The van der Waals surface area contributed by atoms with E-state index in [1.807, 2.05) is 0 Å². The molecule has 0 aliphatic rings. The second kappa shape index (κ2) is 10.9. The van der Waals surface area contributed by atoms with Crippen LogP contribution < -0.4 is 0 Å². The average molecular weight is 174 g/mol. The Morgan fingerprint density at radius 2 is 1.25 bits per heavy atom. The quantitative estimate of drug-likeness (QED) is 0.303. The van der Waals surface area contributed by atoms with Crippen molar-refractivity contribution in [2.24, 2.45) is 0 Å². The normalized spacial score (nSPS) is 10.5. The van der Waals surface area contributed by atoms with Gasteiger partial charge in [-0.2, -0.15) is 0 Å². The fourth-order valence-corrected chi connectivity index (χ4v) is 0.909. The third kappa shape index (κ3) is 9.92. The first-order chi connectivity index (χ1) is 5.91. The Labute approximate surface area is 76.2 Å². The van der Waals surface area contributed by atoms with Crippen LogP contribution in [0.4, 0.5) is 0 Å². The molecule has 0 aliphatic heterocycles. The number of unbranched alkanes of at least 4 members (excludes halogenated alkanes) is 4. The van der Waals surface area contributed by atoms with Crippen molar-refractivity contribution in [2.75, 3.05) is 13.2 Å². The smallest absolute Gasteiger partial charge is 0.0822 e. The lowest BCUT2D eigenvalue weighted by molar-refractivity contribution is -0.295. The van der Waals surface area contributed by atoms with Crippen molar-refractivity contribution in [3.05, 3.63) is 0 Å². The van der Waals surface area contributed by atoms with Crippen molar-refractivity contribution >= 4 is 0 Å². The molecule has 0 N–H and O–H groups in total. The molecule has 0 saturated heterocycles.